The van der Waals surface area contributed by atoms with E-state index in [1.807, 2.05) is 44.4 Å². The number of anilines is 1. The molecule has 2 nitrogen and oxygen atoms in total. The fourth-order valence-electron chi connectivity index (χ4n) is 2.78. The molecule has 0 bridgehead atoms. The Hall–Kier alpha value is -2.00. The van der Waals surface area contributed by atoms with E-state index in [1.54, 1.807) is 11.8 Å². The van der Waals surface area contributed by atoms with Crippen molar-refractivity contribution in [1.82, 2.24) is 0 Å². The van der Waals surface area contributed by atoms with Crippen LogP contribution in [0.4, 0.5) is 5.69 Å². The molecule has 0 aliphatic carbocycles. The Kier molecular flexibility index (Phi) is 3.83. The summed E-state index contributed by atoms with van der Waals surface area (Å²) in [7, 11) is 4.07. The lowest BCUT2D eigenvalue weighted by Crippen LogP contribution is -2.11. The number of hydrogen-bond acceptors (Lipinski definition) is 3. The smallest absolute Gasteiger partial charge is 0.200 e. The molecule has 0 saturated heterocycles. The predicted molar refractivity (Wildman–Crippen MR) is 94.8 cm³/mol. The topological polar surface area (TPSA) is 20.3 Å². The molecule has 0 aromatic heterocycles. The molecule has 1 heterocycles. The largest absolute Gasteiger partial charge is 0.377 e. The number of aryl methyl sites for hydroxylation is 2. The van der Waals surface area contributed by atoms with Crippen LogP contribution >= 0.6 is 11.8 Å². The van der Waals surface area contributed by atoms with E-state index in [2.05, 4.69) is 30.9 Å². The van der Waals surface area contributed by atoms with Crippen LogP contribution in [0, 0.1) is 13.8 Å². The van der Waals surface area contributed by atoms with Gasteiger partial charge in [-0.1, -0.05) is 30.0 Å². The van der Waals surface area contributed by atoms with Crippen molar-refractivity contribution in [2.24, 2.45) is 0 Å². The molecule has 0 amide bonds. The summed E-state index contributed by atoms with van der Waals surface area (Å²) in [4.78, 5) is 16.5. The number of nitrogens with zero attached hydrogens (tertiary/aromatic N) is 1. The van der Waals surface area contributed by atoms with Gasteiger partial charge in [-0.2, -0.15) is 0 Å². The van der Waals surface area contributed by atoms with Crippen molar-refractivity contribution in [3.8, 4) is 0 Å². The fraction of sp³-hybridized carbons (Fsp3) is 0.211. The highest BCUT2D eigenvalue weighted by Crippen LogP contribution is 2.41. The molecule has 1 aliphatic heterocycles. The molecule has 0 radical (unpaired) electrons. The molecule has 0 N–H and O–H groups in total. The van der Waals surface area contributed by atoms with Gasteiger partial charge in [0.2, 0.25) is 5.78 Å². The van der Waals surface area contributed by atoms with Gasteiger partial charge in [-0.25, -0.2) is 0 Å². The number of carbonyl (C=O) groups excluding carboxylic acids is 1. The highest BCUT2D eigenvalue weighted by atomic mass is 32.2. The third-order valence-corrected chi connectivity index (χ3v) is 4.94. The number of fused-ring (bicyclic) bond motifs is 1. The molecule has 2 aromatic rings. The lowest BCUT2D eigenvalue weighted by molar-refractivity contribution is 0.104. The first-order valence-electron chi connectivity index (χ1n) is 7.29. The predicted octanol–water partition coefficient (Wildman–Crippen LogP) is 4.70. The first-order chi connectivity index (χ1) is 10.5. The average Bonchev–Trinajstić information content (AvgIpc) is 2.78. The number of carbonyl (C=O) groups is 1. The summed E-state index contributed by atoms with van der Waals surface area (Å²) in [6.07, 6.45) is 2.04. The van der Waals surface area contributed by atoms with Crippen molar-refractivity contribution < 1.29 is 4.79 Å². The van der Waals surface area contributed by atoms with Crippen LogP contribution in [0.25, 0.3) is 6.08 Å². The lowest BCUT2D eigenvalue weighted by Gasteiger charge is -2.19. The SMILES string of the molecule is Cc1cc(C)c(/C=C2\Sc3ccccc3C2=O)c(N(C)C)c1. The third-order valence-electron chi connectivity index (χ3n) is 3.84. The molecule has 2 aromatic carbocycles. The van der Waals surface area contributed by atoms with Crippen molar-refractivity contribution >= 4 is 29.3 Å². The number of benzene rings is 2. The number of Topliss-reactive ketones (excluding diaryl/α,β-unsaturated/α-hetero) is 1. The molecule has 0 atom stereocenters. The van der Waals surface area contributed by atoms with Gasteiger partial charge in [-0.05, 0) is 49.2 Å². The molecule has 0 fully saturated rings. The van der Waals surface area contributed by atoms with Gasteiger partial charge in [0.25, 0.3) is 0 Å². The van der Waals surface area contributed by atoms with Crippen LogP contribution in [0.15, 0.2) is 46.2 Å². The third kappa shape index (κ3) is 2.57. The second-order valence-corrected chi connectivity index (χ2v) is 6.93. The zero-order valence-corrected chi connectivity index (χ0v) is 14.1. The van der Waals surface area contributed by atoms with Gasteiger partial charge in [-0.15, -0.1) is 0 Å². The Morgan fingerprint density at radius 1 is 1.09 bits per heavy atom. The normalized spacial score (nSPS) is 15.3. The summed E-state index contributed by atoms with van der Waals surface area (Å²) in [5.41, 5.74) is 5.51. The van der Waals surface area contributed by atoms with Crippen molar-refractivity contribution in [3.63, 3.8) is 0 Å². The molecular formula is C19H19NOS. The van der Waals surface area contributed by atoms with E-state index in [9.17, 15) is 4.79 Å². The number of hydrogen-bond donors (Lipinski definition) is 0. The molecule has 0 saturated carbocycles. The van der Waals surface area contributed by atoms with Gasteiger partial charge in [0, 0.05) is 35.8 Å². The van der Waals surface area contributed by atoms with Crippen molar-refractivity contribution in [2.45, 2.75) is 18.7 Å². The lowest BCUT2D eigenvalue weighted by atomic mass is 10.0. The summed E-state index contributed by atoms with van der Waals surface area (Å²) in [5, 5.41) is 0. The summed E-state index contributed by atoms with van der Waals surface area (Å²) in [6.45, 7) is 4.20. The summed E-state index contributed by atoms with van der Waals surface area (Å²) in [6, 6.07) is 12.1. The van der Waals surface area contributed by atoms with Gasteiger partial charge in [-0.3, -0.25) is 4.79 Å². The van der Waals surface area contributed by atoms with E-state index in [-0.39, 0.29) is 5.78 Å². The number of ketones is 1. The number of rotatable bonds is 2. The van der Waals surface area contributed by atoms with E-state index in [4.69, 9.17) is 0 Å². The molecule has 112 valence electrons. The Labute approximate surface area is 135 Å². The van der Waals surface area contributed by atoms with Crippen molar-refractivity contribution in [3.05, 3.63) is 63.6 Å². The Morgan fingerprint density at radius 3 is 2.50 bits per heavy atom. The van der Waals surface area contributed by atoms with Crippen LogP contribution in [0.3, 0.4) is 0 Å². The summed E-state index contributed by atoms with van der Waals surface area (Å²) >= 11 is 1.57. The van der Waals surface area contributed by atoms with Crippen LogP contribution < -0.4 is 4.90 Å². The highest BCUT2D eigenvalue weighted by Gasteiger charge is 2.25. The zero-order valence-electron chi connectivity index (χ0n) is 13.3. The minimum absolute atomic E-state index is 0.130. The van der Waals surface area contributed by atoms with E-state index in [0.29, 0.717) is 0 Å². The first-order valence-corrected chi connectivity index (χ1v) is 8.11. The second-order valence-electron chi connectivity index (χ2n) is 5.84. The van der Waals surface area contributed by atoms with Crippen molar-refractivity contribution in [2.75, 3.05) is 19.0 Å². The van der Waals surface area contributed by atoms with Gasteiger partial charge >= 0.3 is 0 Å². The second kappa shape index (κ2) is 5.65. The standard InChI is InChI=1S/C19H19NOS/c1-12-9-13(2)15(16(10-12)20(3)4)11-18-19(21)14-7-5-6-8-17(14)22-18/h5-11H,1-4H3/b18-11-. The molecule has 3 heteroatoms. The maximum Gasteiger partial charge on any atom is 0.200 e. The molecule has 0 spiro atoms. The van der Waals surface area contributed by atoms with Gasteiger partial charge in [0.05, 0.1) is 4.91 Å². The first kappa shape index (κ1) is 14.9. The Balaban J connectivity index is 2.10. The quantitative estimate of drug-likeness (QED) is 0.750. The van der Waals surface area contributed by atoms with Gasteiger partial charge < -0.3 is 4.90 Å². The molecular weight excluding hydrogens is 290 g/mol. The van der Waals surface area contributed by atoms with Crippen LogP contribution in [-0.4, -0.2) is 19.9 Å². The minimum atomic E-state index is 0.130. The molecule has 0 unspecified atom stereocenters. The Morgan fingerprint density at radius 2 is 1.82 bits per heavy atom. The van der Waals surface area contributed by atoms with E-state index < -0.39 is 0 Å². The van der Waals surface area contributed by atoms with E-state index in [0.717, 1.165) is 26.6 Å². The molecule has 1 aliphatic rings. The van der Waals surface area contributed by atoms with E-state index in [1.165, 1.54) is 11.1 Å². The summed E-state index contributed by atoms with van der Waals surface area (Å²) < 4.78 is 0. The van der Waals surface area contributed by atoms with Gasteiger partial charge in [0.1, 0.15) is 0 Å². The maximum absolute atomic E-state index is 12.6. The molecule has 22 heavy (non-hydrogen) atoms. The highest BCUT2D eigenvalue weighted by molar-refractivity contribution is 8.04. The fourth-order valence-corrected chi connectivity index (χ4v) is 3.81. The maximum atomic E-state index is 12.6. The summed E-state index contributed by atoms with van der Waals surface area (Å²) in [5.74, 6) is 0.130. The van der Waals surface area contributed by atoms with Crippen LogP contribution in [-0.2, 0) is 0 Å². The number of allylic oxidation sites excluding steroid dienone is 1. The number of thioether (sulfide) groups is 1. The average molecular weight is 309 g/mol. The van der Waals surface area contributed by atoms with Crippen LogP contribution in [0.1, 0.15) is 27.0 Å². The monoisotopic (exact) mass is 309 g/mol. The van der Waals surface area contributed by atoms with Crippen LogP contribution in [0.2, 0.25) is 0 Å². The minimum Gasteiger partial charge on any atom is -0.377 e. The van der Waals surface area contributed by atoms with Crippen LogP contribution in [0.5, 0.6) is 0 Å². The Bertz CT molecular complexity index is 790. The van der Waals surface area contributed by atoms with Crippen molar-refractivity contribution in [1.29, 1.82) is 0 Å². The van der Waals surface area contributed by atoms with E-state index >= 15 is 0 Å². The van der Waals surface area contributed by atoms with Gasteiger partial charge in [0.15, 0.2) is 0 Å². The zero-order chi connectivity index (χ0) is 15.9. The molecule has 3 rings (SSSR count).